The van der Waals surface area contributed by atoms with Gasteiger partial charge in [0.25, 0.3) is 5.91 Å². The SMILES string of the molecule is C=C(/C=C1/N/C(=N\C(=O)c2ccc(F)c(F)c2)N(Cc2ccc(F)cc2Cl)C(=O)N1N)C(F)(F)F. The molecule has 0 aromatic heterocycles. The van der Waals surface area contributed by atoms with Crippen molar-refractivity contribution in [2.24, 2.45) is 10.8 Å². The molecule has 0 unspecified atom stereocenters. The van der Waals surface area contributed by atoms with E-state index in [1.807, 2.05) is 0 Å². The number of carbonyl (C=O) groups excluding carboxylic acids is 2. The summed E-state index contributed by atoms with van der Waals surface area (Å²) in [5.74, 6) is -0.0600. The summed E-state index contributed by atoms with van der Waals surface area (Å²) < 4.78 is 79.0. The van der Waals surface area contributed by atoms with Gasteiger partial charge < -0.3 is 5.32 Å². The highest BCUT2D eigenvalue weighted by molar-refractivity contribution is 6.31. The molecule has 1 fully saturated rings. The second kappa shape index (κ2) is 9.80. The molecule has 0 bridgehead atoms. The number of alkyl halides is 3. The van der Waals surface area contributed by atoms with E-state index in [0.29, 0.717) is 23.2 Å². The Hall–Kier alpha value is -3.84. The summed E-state index contributed by atoms with van der Waals surface area (Å²) in [6.45, 7) is 2.40. The molecule has 2 aromatic rings. The van der Waals surface area contributed by atoms with Crippen molar-refractivity contribution in [3.05, 3.63) is 94.0 Å². The number of urea groups is 1. The first-order valence-electron chi connectivity index (χ1n) is 9.41. The Balaban J connectivity index is 2.06. The summed E-state index contributed by atoms with van der Waals surface area (Å²) >= 11 is 5.99. The van der Waals surface area contributed by atoms with Gasteiger partial charge in [0.1, 0.15) is 11.6 Å². The molecule has 0 spiro atoms. The third kappa shape index (κ3) is 5.81. The van der Waals surface area contributed by atoms with Gasteiger partial charge in [0, 0.05) is 10.6 Å². The van der Waals surface area contributed by atoms with Gasteiger partial charge in [0.05, 0.1) is 12.1 Å². The lowest BCUT2D eigenvalue weighted by Gasteiger charge is -2.36. The largest absolute Gasteiger partial charge is 0.415 e. The van der Waals surface area contributed by atoms with Crippen molar-refractivity contribution >= 4 is 29.5 Å². The molecule has 1 saturated heterocycles. The Bertz CT molecular complexity index is 1280. The number of rotatable bonds is 4. The first-order valence-corrected chi connectivity index (χ1v) is 9.79. The third-order valence-electron chi connectivity index (χ3n) is 4.58. The molecule has 184 valence electrons. The molecule has 3 N–H and O–H groups in total. The highest BCUT2D eigenvalue weighted by Gasteiger charge is 2.36. The minimum absolute atomic E-state index is 0.112. The van der Waals surface area contributed by atoms with Gasteiger partial charge in [-0.3, -0.25) is 9.69 Å². The van der Waals surface area contributed by atoms with Crippen LogP contribution in [0.15, 0.2) is 65.4 Å². The van der Waals surface area contributed by atoms with Gasteiger partial charge in [-0.05, 0) is 42.0 Å². The monoisotopic (exact) mass is 517 g/mol. The number of carbonyl (C=O) groups is 2. The third-order valence-corrected chi connectivity index (χ3v) is 4.94. The van der Waals surface area contributed by atoms with Gasteiger partial charge in [0.2, 0.25) is 5.96 Å². The number of aliphatic imine (C=N–C) groups is 1. The van der Waals surface area contributed by atoms with Crippen LogP contribution in [0.2, 0.25) is 5.02 Å². The molecule has 1 heterocycles. The van der Waals surface area contributed by atoms with Crippen LogP contribution in [0, 0.1) is 17.5 Å². The molecule has 3 amide bonds. The Labute approximate surface area is 198 Å². The fraction of sp³-hybridized carbons (Fsp3) is 0.0952. The maximum atomic E-state index is 13.5. The van der Waals surface area contributed by atoms with E-state index >= 15 is 0 Å². The molecular weight excluding hydrogens is 504 g/mol. The van der Waals surface area contributed by atoms with E-state index in [2.05, 4.69) is 16.9 Å². The number of guanidine groups is 1. The predicted molar refractivity (Wildman–Crippen MR) is 113 cm³/mol. The Morgan fingerprint density at radius 3 is 2.43 bits per heavy atom. The zero-order chi connectivity index (χ0) is 26.1. The molecule has 0 saturated carbocycles. The summed E-state index contributed by atoms with van der Waals surface area (Å²) in [4.78, 5) is 29.8. The molecule has 0 aliphatic carbocycles. The van der Waals surface area contributed by atoms with Gasteiger partial charge >= 0.3 is 12.2 Å². The number of hydrazine groups is 1. The zero-order valence-electron chi connectivity index (χ0n) is 17.3. The molecule has 3 rings (SSSR count). The van der Waals surface area contributed by atoms with Crippen molar-refractivity contribution < 1.29 is 35.9 Å². The topological polar surface area (TPSA) is 91.0 Å². The molecule has 1 aliphatic heterocycles. The number of nitrogens with one attached hydrogen (secondary N) is 1. The molecule has 7 nitrogen and oxygen atoms in total. The van der Waals surface area contributed by atoms with Crippen LogP contribution in [0.4, 0.5) is 31.1 Å². The lowest BCUT2D eigenvalue weighted by atomic mass is 10.2. The molecule has 2 aromatic carbocycles. The Kier molecular flexibility index (Phi) is 7.22. The van der Waals surface area contributed by atoms with Gasteiger partial charge in [-0.15, -0.1) is 0 Å². The molecule has 14 heteroatoms. The number of benzene rings is 2. The van der Waals surface area contributed by atoms with Crippen molar-refractivity contribution in [2.75, 3.05) is 0 Å². The van der Waals surface area contributed by atoms with E-state index in [4.69, 9.17) is 17.4 Å². The quantitative estimate of drug-likeness (QED) is 0.352. The van der Waals surface area contributed by atoms with E-state index < -0.39 is 65.0 Å². The first kappa shape index (κ1) is 25.8. The average Bonchev–Trinajstić information content (AvgIpc) is 2.77. The summed E-state index contributed by atoms with van der Waals surface area (Å²) in [5, 5.41) is 2.50. The normalized spacial score (nSPS) is 16.6. The predicted octanol–water partition coefficient (Wildman–Crippen LogP) is 4.61. The van der Waals surface area contributed by atoms with Crippen LogP contribution in [0.5, 0.6) is 0 Å². The Morgan fingerprint density at radius 1 is 1.14 bits per heavy atom. The summed E-state index contributed by atoms with van der Waals surface area (Å²) in [7, 11) is 0. The molecular formula is C21H14ClF6N5O2. The minimum atomic E-state index is -4.86. The first-order chi connectivity index (χ1) is 16.3. The molecule has 35 heavy (non-hydrogen) atoms. The smallest absolute Gasteiger partial charge is 0.310 e. The summed E-state index contributed by atoms with van der Waals surface area (Å²) in [5.41, 5.74) is -1.65. The molecule has 1 aliphatic rings. The second-order valence-corrected chi connectivity index (χ2v) is 7.43. The second-order valence-electron chi connectivity index (χ2n) is 7.02. The van der Waals surface area contributed by atoms with Crippen molar-refractivity contribution in [3.8, 4) is 0 Å². The summed E-state index contributed by atoms with van der Waals surface area (Å²) in [6.07, 6.45) is -4.46. The number of hydrogen-bond acceptors (Lipinski definition) is 3. The van der Waals surface area contributed by atoms with E-state index in [0.717, 1.165) is 23.1 Å². The molecule has 0 radical (unpaired) electrons. The van der Waals surface area contributed by atoms with Crippen LogP contribution in [-0.2, 0) is 6.54 Å². The molecule has 0 atom stereocenters. The Morgan fingerprint density at radius 2 is 1.83 bits per heavy atom. The zero-order valence-corrected chi connectivity index (χ0v) is 18.1. The fourth-order valence-electron chi connectivity index (χ4n) is 2.76. The number of nitrogens with zero attached hydrogens (tertiary/aromatic N) is 3. The van der Waals surface area contributed by atoms with Crippen LogP contribution in [0.25, 0.3) is 0 Å². The van der Waals surface area contributed by atoms with Gasteiger partial charge in [0.15, 0.2) is 11.6 Å². The number of hydrogen-bond donors (Lipinski definition) is 2. The van der Waals surface area contributed by atoms with Crippen LogP contribution < -0.4 is 11.2 Å². The van der Waals surface area contributed by atoms with E-state index in [-0.39, 0.29) is 10.6 Å². The van der Waals surface area contributed by atoms with Crippen molar-refractivity contribution in [3.63, 3.8) is 0 Å². The van der Waals surface area contributed by atoms with Gasteiger partial charge in [-0.1, -0.05) is 24.2 Å². The van der Waals surface area contributed by atoms with Gasteiger partial charge in [-0.2, -0.15) is 18.2 Å². The number of amides is 3. The standard InChI is InChI=1S/C21H14ClF6N5O2/c1-10(21(26,27)28)6-17-30-19(31-18(34)11-3-5-15(24)16(25)7-11)32(20(35)33(17)29)9-12-2-4-13(23)8-14(12)22/h2-8H,1,9,29H2,(H,30,31,34)/b17-6-. The lowest BCUT2D eigenvalue weighted by molar-refractivity contribution is -0.0880. The lowest BCUT2D eigenvalue weighted by Crippen LogP contribution is -2.60. The number of nitrogens with two attached hydrogens (primary N) is 1. The van der Waals surface area contributed by atoms with E-state index in [1.54, 1.807) is 0 Å². The van der Waals surface area contributed by atoms with E-state index in [1.165, 1.54) is 6.07 Å². The highest BCUT2D eigenvalue weighted by Crippen LogP contribution is 2.27. The van der Waals surface area contributed by atoms with Gasteiger partial charge in [-0.25, -0.2) is 28.8 Å². The minimum Gasteiger partial charge on any atom is -0.310 e. The van der Waals surface area contributed by atoms with Crippen molar-refractivity contribution in [2.45, 2.75) is 12.7 Å². The maximum Gasteiger partial charge on any atom is 0.415 e. The maximum absolute atomic E-state index is 13.5. The van der Waals surface area contributed by atoms with Crippen LogP contribution >= 0.6 is 11.6 Å². The van der Waals surface area contributed by atoms with E-state index in [9.17, 15) is 35.9 Å². The van der Waals surface area contributed by atoms with Crippen molar-refractivity contribution in [1.82, 2.24) is 15.2 Å². The van der Waals surface area contributed by atoms with Crippen LogP contribution in [-0.4, -0.2) is 34.0 Å². The number of allylic oxidation sites excluding steroid dienone is 2. The highest BCUT2D eigenvalue weighted by atomic mass is 35.5. The van der Waals surface area contributed by atoms with Crippen molar-refractivity contribution in [1.29, 1.82) is 0 Å². The summed E-state index contributed by atoms with van der Waals surface area (Å²) in [6, 6.07) is 4.17. The van der Waals surface area contributed by atoms with Crippen LogP contribution in [0.3, 0.4) is 0 Å². The fourth-order valence-corrected chi connectivity index (χ4v) is 2.99. The number of halogens is 7. The average molecular weight is 518 g/mol. The van der Waals surface area contributed by atoms with Crippen LogP contribution in [0.1, 0.15) is 15.9 Å².